The lowest BCUT2D eigenvalue weighted by atomic mass is 10.1. The fourth-order valence-electron chi connectivity index (χ4n) is 2.30. The average Bonchev–Trinajstić information content (AvgIpc) is 2.46. The van der Waals surface area contributed by atoms with Crippen LogP contribution in [0.4, 0.5) is 0 Å². The summed E-state index contributed by atoms with van der Waals surface area (Å²) in [4.78, 5) is 2.48. The Balaban J connectivity index is 1.69. The molecular weight excluding hydrogens is 236 g/mol. The van der Waals surface area contributed by atoms with E-state index >= 15 is 0 Å². The van der Waals surface area contributed by atoms with Crippen LogP contribution in [-0.4, -0.2) is 31.1 Å². The Morgan fingerprint density at radius 2 is 2.16 bits per heavy atom. The van der Waals surface area contributed by atoms with E-state index < -0.39 is 0 Å². The monoisotopic (exact) mass is 260 g/mol. The highest BCUT2D eigenvalue weighted by Crippen LogP contribution is 2.17. The second kappa shape index (κ2) is 7.31. The van der Waals surface area contributed by atoms with Gasteiger partial charge in [0.25, 0.3) is 0 Å². The van der Waals surface area contributed by atoms with Crippen molar-refractivity contribution in [3.63, 3.8) is 0 Å². The summed E-state index contributed by atoms with van der Waals surface area (Å²) in [6.45, 7) is 6.88. The van der Waals surface area contributed by atoms with Gasteiger partial charge in [0.1, 0.15) is 5.75 Å². The van der Waals surface area contributed by atoms with Crippen LogP contribution in [-0.2, 0) is 6.54 Å². The maximum Gasteiger partial charge on any atom is 0.123 e. The molecule has 2 N–H and O–H groups in total. The second-order valence-corrected chi connectivity index (χ2v) is 5.11. The largest absolute Gasteiger partial charge is 0.493 e. The summed E-state index contributed by atoms with van der Waals surface area (Å²) in [5.41, 5.74) is 8.29. The molecule has 104 valence electrons. The number of ether oxygens (including phenoxy) is 1. The minimum atomic E-state index is 0.534. The summed E-state index contributed by atoms with van der Waals surface area (Å²) in [5.74, 6) is 0.930. The van der Waals surface area contributed by atoms with Crippen LogP contribution in [0.1, 0.15) is 25.3 Å². The summed E-state index contributed by atoms with van der Waals surface area (Å²) in [6, 6.07) is 8.01. The molecule has 0 radical (unpaired) electrons. The summed E-state index contributed by atoms with van der Waals surface area (Å²) < 4.78 is 5.82. The molecule has 1 aliphatic rings. The van der Waals surface area contributed by atoms with Crippen LogP contribution in [0.15, 0.2) is 35.9 Å². The Morgan fingerprint density at radius 3 is 2.89 bits per heavy atom. The van der Waals surface area contributed by atoms with Gasteiger partial charge in [-0.25, -0.2) is 0 Å². The molecule has 1 heterocycles. The molecule has 0 saturated carbocycles. The second-order valence-electron chi connectivity index (χ2n) is 5.11. The van der Waals surface area contributed by atoms with Gasteiger partial charge in [0, 0.05) is 31.7 Å². The van der Waals surface area contributed by atoms with Crippen LogP contribution < -0.4 is 10.5 Å². The smallest absolute Gasteiger partial charge is 0.123 e. The van der Waals surface area contributed by atoms with Crippen molar-refractivity contribution in [3.8, 4) is 5.75 Å². The van der Waals surface area contributed by atoms with Crippen LogP contribution in [0.5, 0.6) is 5.75 Å². The van der Waals surface area contributed by atoms with Gasteiger partial charge in [-0.05, 0) is 25.8 Å². The number of para-hydroxylation sites is 1. The van der Waals surface area contributed by atoms with Gasteiger partial charge in [-0.2, -0.15) is 0 Å². The van der Waals surface area contributed by atoms with E-state index in [1.807, 2.05) is 24.3 Å². The van der Waals surface area contributed by atoms with Crippen molar-refractivity contribution in [1.82, 2.24) is 4.90 Å². The van der Waals surface area contributed by atoms with E-state index in [2.05, 4.69) is 17.9 Å². The molecule has 1 aromatic rings. The van der Waals surface area contributed by atoms with Gasteiger partial charge >= 0.3 is 0 Å². The molecular formula is C16H24N2O. The molecule has 0 fully saturated rings. The molecule has 3 heteroatoms. The molecule has 0 bridgehead atoms. The van der Waals surface area contributed by atoms with Crippen LogP contribution in [0.3, 0.4) is 0 Å². The minimum Gasteiger partial charge on any atom is -0.493 e. The lowest BCUT2D eigenvalue weighted by Gasteiger charge is -2.25. The summed E-state index contributed by atoms with van der Waals surface area (Å²) in [6.07, 6.45) is 4.59. The molecule has 0 unspecified atom stereocenters. The Bertz CT molecular complexity index is 429. The number of benzene rings is 1. The maximum atomic E-state index is 5.82. The van der Waals surface area contributed by atoms with Crippen LogP contribution in [0.25, 0.3) is 0 Å². The normalized spacial score (nSPS) is 16.2. The van der Waals surface area contributed by atoms with Gasteiger partial charge in [0.15, 0.2) is 0 Å². The average molecular weight is 260 g/mol. The van der Waals surface area contributed by atoms with E-state index in [4.69, 9.17) is 10.5 Å². The number of hydrogen-bond acceptors (Lipinski definition) is 3. The number of rotatable bonds is 6. The van der Waals surface area contributed by atoms with E-state index in [0.29, 0.717) is 6.54 Å². The number of hydrogen-bond donors (Lipinski definition) is 1. The van der Waals surface area contributed by atoms with E-state index in [9.17, 15) is 0 Å². The van der Waals surface area contributed by atoms with Crippen molar-refractivity contribution in [2.75, 3.05) is 26.2 Å². The van der Waals surface area contributed by atoms with Gasteiger partial charge in [-0.3, -0.25) is 4.90 Å². The first-order valence-corrected chi connectivity index (χ1v) is 7.08. The predicted octanol–water partition coefficient (Wildman–Crippen LogP) is 2.57. The molecule has 0 atom stereocenters. The third kappa shape index (κ3) is 4.37. The van der Waals surface area contributed by atoms with E-state index in [1.54, 1.807) is 0 Å². The molecule has 0 saturated heterocycles. The summed E-state index contributed by atoms with van der Waals surface area (Å²) in [5, 5.41) is 0. The zero-order chi connectivity index (χ0) is 13.5. The number of nitrogens with two attached hydrogens (primary N) is 1. The van der Waals surface area contributed by atoms with Gasteiger partial charge < -0.3 is 10.5 Å². The van der Waals surface area contributed by atoms with Crippen molar-refractivity contribution in [3.05, 3.63) is 41.5 Å². The van der Waals surface area contributed by atoms with Gasteiger partial charge in [0.05, 0.1) is 6.61 Å². The fraction of sp³-hybridized carbons (Fsp3) is 0.500. The van der Waals surface area contributed by atoms with Crippen LogP contribution in [0, 0.1) is 0 Å². The van der Waals surface area contributed by atoms with Gasteiger partial charge in [-0.15, -0.1) is 0 Å². The molecule has 0 spiro atoms. The van der Waals surface area contributed by atoms with Crippen LogP contribution >= 0.6 is 0 Å². The van der Waals surface area contributed by atoms with E-state index in [0.717, 1.165) is 37.4 Å². The first kappa shape index (κ1) is 14.1. The Morgan fingerprint density at radius 1 is 1.32 bits per heavy atom. The Labute approximate surface area is 116 Å². The molecule has 1 aliphatic heterocycles. The molecule has 3 nitrogen and oxygen atoms in total. The van der Waals surface area contributed by atoms with Crippen molar-refractivity contribution in [1.29, 1.82) is 0 Å². The van der Waals surface area contributed by atoms with Gasteiger partial charge in [-0.1, -0.05) is 29.8 Å². The van der Waals surface area contributed by atoms with Crippen molar-refractivity contribution >= 4 is 0 Å². The van der Waals surface area contributed by atoms with Crippen LogP contribution in [0.2, 0.25) is 0 Å². The van der Waals surface area contributed by atoms with Gasteiger partial charge in [0.2, 0.25) is 0 Å². The first-order valence-electron chi connectivity index (χ1n) is 7.08. The van der Waals surface area contributed by atoms with Crippen molar-refractivity contribution in [2.45, 2.75) is 26.3 Å². The SMILES string of the molecule is CC1=CCN(CCCOc2ccccc2CN)CC1. The molecule has 19 heavy (non-hydrogen) atoms. The summed E-state index contributed by atoms with van der Waals surface area (Å²) in [7, 11) is 0. The molecule has 0 aromatic heterocycles. The van der Waals surface area contributed by atoms with Crippen molar-refractivity contribution in [2.24, 2.45) is 5.73 Å². The highest BCUT2D eigenvalue weighted by atomic mass is 16.5. The minimum absolute atomic E-state index is 0.534. The molecule has 0 amide bonds. The quantitative estimate of drug-likeness (QED) is 0.631. The standard InChI is InChI=1S/C16H24N2O/c1-14-7-10-18(11-8-14)9-4-12-19-16-6-3-2-5-15(16)13-17/h2-3,5-7H,4,8-13,17H2,1H3. The molecule has 2 rings (SSSR count). The topological polar surface area (TPSA) is 38.5 Å². The Hall–Kier alpha value is -1.32. The van der Waals surface area contributed by atoms with E-state index in [-0.39, 0.29) is 0 Å². The maximum absolute atomic E-state index is 5.82. The first-order chi connectivity index (χ1) is 9.29. The third-order valence-corrected chi connectivity index (χ3v) is 3.59. The molecule has 0 aliphatic carbocycles. The molecule has 1 aromatic carbocycles. The lowest BCUT2D eigenvalue weighted by Crippen LogP contribution is -2.30. The zero-order valence-electron chi connectivity index (χ0n) is 11.8. The third-order valence-electron chi connectivity index (χ3n) is 3.59. The lowest BCUT2D eigenvalue weighted by molar-refractivity contribution is 0.244. The van der Waals surface area contributed by atoms with E-state index in [1.165, 1.54) is 18.5 Å². The zero-order valence-corrected chi connectivity index (χ0v) is 11.8. The predicted molar refractivity (Wildman–Crippen MR) is 79.3 cm³/mol. The van der Waals surface area contributed by atoms with Crippen molar-refractivity contribution < 1.29 is 4.74 Å². The highest BCUT2D eigenvalue weighted by Gasteiger charge is 2.08. The Kier molecular flexibility index (Phi) is 5.43. The summed E-state index contributed by atoms with van der Waals surface area (Å²) >= 11 is 0. The highest BCUT2D eigenvalue weighted by molar-refractivity contribution is 5.32. The fourth-order valence-corrected chi connectivity index (χ4v) is 2.30. The number of nitrogens with zero attached hydrogens (tertiary/aromatic N) is 1.